The molecule has 2 amide bonds. The van der Waals surface area contributed by atoms with Crippen molar-refractivity contribution in [2.45, 2.75) is 39.5 Å². The van der Waals surface area contributed by atoms with E-state index in [9.17, 15) is 9.59 Å². The van der Waals surface area contributed by atoms with Crippen LogP contribution < -0.4 is 15.4 Å². The standard InChI is InChI=1S/C17H20N4O3/c1-4-21-10-12(11(2)20-21)9-18-15(22)17(3)16(23)19-13-7-5-6-8-14(13)24-17/h5-8,10H,4,9H2,1-3H3,(H,18,22)(H,19,23). The maximum absolute atomic E-state index is 12.6. The van der Waals surface area contributed by atoms with Gasteiger partial charge in [0.05, 0.1) is 11.4 Å². The minimum Gasteiger partial charge on any atom is -0.466 e. The molecule has 0 saturated carbocycles. The third kappa shape index (κ3) is 2.73. The normalized spacial score (nSPS) is 19.2. The van der Waals surface area contributed by atoms with Gasteiger partial charge in [0.15, 0.2) is 0 Å². The van der Waals surface area contributed by atoms with Crippen molar-refractivity contribution < 1.29 is 14.3 Å². The van der Waals surface area contributed by atoms with E-state index in [-0.39, 0.29) is 0 Å². The molecule has 7 nitrogen and oxygen atoms in total. The van der Waals surface area contributed by atoms with Crippen molar-refractivity contribution in [1.82, 2.24) is 15.1 Å². The number of aromatic nitrogens is 2. The van der Waals surface area contributed by atoms with Gasteiger partial charge in [0.2, 0.25) is 0 Å². The van der Waals surface area contributed by atoms with Gasteiger partial charge in [0.25, 0.3) is 17.4 Å². The fourth-order valence-electron chi connectivity index (χ4n) is 2.56. The Balaban J connectivity index is 1.74. The second-order valence-corrected chi connectivity index (χ2v) is 5.86. The summed E-state index contributed by atoms with van der Waals surface area (Å²) < 4.78 is 7.50. The van der Waals surface area contributed by atoms with Crippen LogP contribution in [-0.2, 0) is 22.7 Å². The molecule has 2 heterocycles. The Morgan fingerprint density at radius 2 is 2.17 bits per heavy atom. The number of fused-ring (bicyclic) bond motifs is 1. The van der Waals surface area contributed by atoms with Gasteiger partial charge >= 0.3 is 0 Å². The van der Waals surface area contributed by atoms with Crippen LogP contribution in [0.1, 0.15) is 25.1 Å². The fourth-order valence-corrected chi connectivity index (χ4v) is 2.56. The van der Waals surface area contributed by atoms with Crippen molar-refractivity contribution in [1.29, 1.82) is 0 Å². The molecule has 126 valence electrons. The average Bonchev–Trinajstić information content (AvgIpc) is 2.93. The number of para-hydroxylation sites is 2. The number of amides is 2. The number of carbonyl (C=O) groups is 2. The predicted molar refractivity (Wildman–Crippen MR) is 88.6 cm³/mol. The number of anilines is 1. The zero-order chi connectivity index (χ0) is 17.3. The van der Waals surface area contributed by atoms with Gasteiger partial charge in [-0.05, 0) is 32.9 Å². The molecule has 1 unspecified atom stereocenters. The smallest absolute Gasteiger partial charge is 0.278 e. The molecule has 0 saturated heterocycles. The number of rotatable bonds is 4. The van der Waals surface area contributed by atoms with Crippen LogP contribution in [0.25, 0.3) is 0 Å². The first kappa shape index (κ1) is 16.0. The molecule has 1 aliphatic rings. The second kappa shape index (κ2) is 5.99. The SMILES string of the molecule is CCn1cc(CNC(=O)C2(C)Oc3ccccc3NC2=O)c(C)n1. The number of carbonyl (C=O) groups excluding carboxylic acids is 2. The number of benzene rings is 1. The number of hydrogen-bond acceptors (Lipinski definition) is 4. The summed E-state index contributed by atoms with van der Waals surface area (Å²) in [5.41, 5.74) is 0.711. The van der Waals surface area contributed by atoms with Gasteiger partial charge in [-0.15, -0.1) is 0 Å². The molecule has 0 bridgehead atoms. The van der Waals surface area contributed by atoms with Crippen LogP contribution in [0.2, 0.25) is 0 Å². The third-order valence-electron chi connectivity index (χ3n) is 4.13. The van der Waals surface area contributed by atoms with Crippen molar-refractivity contribution in [3.63, 3.8) is 0 Å². The molecule has 24 heavy (non-hydrogen) atoms. The van der Waals surface area contributed by atoms with Crippen molar-refractivity contribution in [2.24, 2.45) is 0 Å². The summed E-state index contributed by atoms with van der Waals surface area (Å²) in [5.74, 6) is -0.498. The lowest BCUT2D eigenvalue weighted by atomic mass is 10.0. The lowest BCUT2D eigenvalue weighted by molar-refractivity contribution is -0.146. The number of nitrogens with zero attached hydrogens (tertiary/aromatic N) is 2. The second-order valence-electron chi connectivity index (χ2n) is 5.86. The third-order valence-corrected chi connectivity index (χ3v) is 4.13. The van der Waals surface area contributed by atoms with Gasteiger partial charge in [-0.1, -0.05) is 12.1 Å². The molecule has 2 aromatic rings. The lowest BCUT2D eigenvalue weighted by Crippen LogP contribution is -2.58. The number of nitrogens with one attached hydrogen (secondary N) is 2. The lowest BCUT2D eigenvalue weighted by Gasteiger charge is -2.33. The van der Waals surface area contributed by atoms with Crippen LogP contribution in [0, 0.1) is 6.92 Å². The summed E-state index contributed by atoms with van der Waals surface area (Å²) in [4.78, 5) is 24.9. The quantitative estimate of drug-likeness (QED) is 0.835. The van der Waals surface area contributed by atoms with E-state index in [1.807, 2.05) is 20.0 Å². The molecule has 1 aromatic heterocycles. The van der Waals surface area contributed by atoms with Crippen molar-refractivity contribution in [3.05, 3.63) is 41.7 Å². The van der Waals surface area contributed by atoms with E-state index in [0.717, 1.165) is 17.8 Å². The van der Waals surface area contributed by atoms with E-state index in [1.165, 1.54) is 6.92 Å². The van der Waals surface area contributed by atoms with Crippen LogP contribution in [0.3, 0.4) is 0 Å². The van der Waals surface area contributed by atoms with E-state index in [1.54, 1.807) is 28.9 Å². The largest absolute Gasteiger partial charge is 0.466 e. The van der Waals surface area contributed by atoms with Crippen LogP contribution in [0.5, 0.6) is 5.75 Å². The van der Waals surface area contributed by atoms with Crippen LogP contribution in [0.15, 0.2) is 30.5 Å². The molecular weight excluding hydrogens is 308 g/mol. The molecule has 1 aliphatic heterocycles. The molecule has 0 aliphatic carbocycles. The molecule has 3 rings (SSSR count). The summed E-state index contributed by atoms with van der Waals surface area (Å²) in [6.45, 7) is 6.40. The molecule has 0 fully saturated rings. The summed E-state index contributed by atoms with van der Waals surface area (Å²) in [6, 6.07) is 7.03. The first-order valence-corrected chi connectivity index (χ1v) is 7.84. The Bertz CT molecular complexity index is 799. The molecular formula is C17H20N4O3. The predicted octanol–water partition coefficient (Wildman–Crippen LogP) is 1.62. The first-order valence-electron chi connectivity index (χ1n) is 7.84. The first-order chi connectivity index (χ1) is 11.4. The van der Waals surface area contributed by atoms with Gasteiger partial charge in [0.1, 0.15) is 5.75 Å². The maximum Gasteiger partial charge on any atom is 0.278 e. The van der Waals surface area contributed by atoms with Crippen LogP contribution in [-0.4, -0.2) is 27.2 Å². The van der Waals surface area contributed by atoms with Gasteiger partial charge in [-0.25, -0.2) is 0 Å². The average molecular weight is 328 g/mol. The van der Waals surface area contributed by atoms with Crippen LogP contribution >= 0.6 is 0 Å². The Kier molecular flexibility index (Phi) is 4.01. The van der Waals surface area contributed by atoms with Crippen LogP contribution in [0.4, 0.5) is 5.69 Å². The van der Waals surface area contributed by atoms with Crippen molar-refractivity contribution in [2.75, 3.05) is 5.32 Å². The number of ether oxygens (including phenoxy) is 1. The summed E-state index contributed by atoms with van der Waals surface area (Å²) >= 11 is 0. The summed E-state index contributed by atoms with van der Waals surface area (Å²) in [6.07, 6.45) is 1.88. The molecule has 7 heteroatoms. The van der Waals surface area contributed by atoms with E-state index in [0.29, 0.717) is 18.0 Å². The van der Waals surface area contributed by atoms with E-state index in [4.69, 9.17) is 4.74 Å². The van der Waals surface area contributed by atoms with Gasteiger partial charge in [-0.3, -0.25) is 14.3 Å². The minimum atomic E-state index is -1.61. The van der Waals surface area contributed by atoms with Crippen molar-refractivity contribution in [3.8, 4) is 5.75 Å². The molecule has 1 atom stereocenters. The zero-order valence-corrected chi connectivity index (χ0v) is 13.9. The Labute approximate surface area is 140 Å². The molecule has 0 spiro atoms. The Morgan fingerprint density at radius 1 is 1.42 bits per heavy atom. The highest BCUT2D eigenvalue weighted by Gasteiger charge is 2.47. The monoisotopic (exact) mass is 328 g/mol. The van der Waals surface area contributed by atoms with Gasteiger partial charge in [0, 0.05) is 24.8 Å². The van der Waals surface area contributed by atoms with Crippen molar-refractivity contribution >= 4 is 17.5 Å². The van der Waals surface area contributed by atoms with E-state index < -0.39 is 17.4 Å². The number of hydrogen-bond donors (Lipinski definition) is 2. The van der Waals surface area contributed by atoms with Gasteiger partial charge < -0.3 is 15.4 Å². The van der Waals surface area contributed by atoms with Gasteiger partial charge in [-0.2, -0.15) is 5.10 Å². The summed E-state index contributed by atoms with van der Waals surface area (Å²) in [5, 5.41) is 9.82. The van der Waals surface area contributed by atoms with E-state index >= 15 is 0 Å². The molecule has 1 aromatic carbocycles. The summed E-state index contributed by atoms with van der Waals surface area (Å²) in [7, 11) is 0. The highest BCUT2D eigenvalue weighted by molar-refractivity contribution is 6.15. The number of aryl methyl sites for hydroxylation is 2. The molecule has 0 radical (unpaired) electrons. The Hall–Kier alpha value is -2.83. The molecule has 2 N–H and O–H groups in total. The Morgan fingerprint density at radius 3 is 2.88 bits per heavy atom. The zero-order valence-electron chi connectivity index (χ0n) is 13.9. The minimum absolute atomic E-state index is 0.290. The topological polar surface area (TPSA) is 85.3 Å². The maximum atomic E-state index is 12.6. The van der Waals surface area contributed by atoms with E-state index in [2.05, 4.69) is 15.7 Å². The fraction of sp³-hybridized carbons (Fsp3) is 0.353. The highest BCUT2D eigenvalue weighted by Crippen LogP contribution is 2.33. The highest BCUT2D eigenvalue weighted by atomic mass is 16.5.